The van der Waals surface area contributed by atoms with Crippen LogP contribution in [-0.4, -0.2) is 42.3 Å². The van der Waals surface area contributed by atoms with Crippen molar-refractivity contribution in [2.45, 2.75) is 17.7 Å². The number of hydrogen-bond acceptors (Lipinski definition) is 5. The Balaban J connectivity index is 2.03. The first-order valence-corrected chi connectivity index (χ1v) is 9.98. The van der Waals surface area contributed by atoms with Crippen LogP contribution in [0.1, 0.15) is 6.42 Å². The van der Waals surface area contributed by atoms with Gasteiger partial charge < -0.3 is 4.90 Å². The van der Waals surface area contributed by atoms with Gasteiger partial charge in [-0.15, -0.1) is 0 Å². The van der Waals surface area contributed by atoms with Gasteiger partial charge in [-0.05, 0) is 18.2 Å². The van der Waals surface area contributed by atoms with Crippen molar-refractivity contribution in [3.8, 4) is 6.07 Å². The summed E-state index contributed by atoms with van der Waals surface area (Å²) in [5, 5.41) is 8.52. The number of carbonyl (C=O) groups excluding carboxylic acids is 1. The normalized spacial score (nSPS) is 26.4. The second-order valence-electron chi connectivity index (χ2n) is 5.39. The number of aliphatic imine (C=N–C) groups is 1. The molecular weight excluding hydrogens is 377 g/mol. The highest BCUT2D eigenvalue weighted by Crippen LogP contribution is 2.41. The molecule has 2 heterocycles. The first-order chi connectivity index (χ1) is 11.3. The molecule has 0 N–H and O–H groups in total. The van der Waals surface area contributed by atoms with Gasteiger partial charge >= 0.3 is 0 Å². The molecular formula is C14H11ClFN3O3S2. The van der Waals surface area contributed by atoms with E-state index in [-0.39, 0.29) is 28.2 Å². The molecule has 2 fully saturated rings. The lowest BCUT2D eigenvalue weighted by Gasteiger charge is -2.24. The number of benzene rings is 1. The number of halogens is 2. The number of carbonyl (C=O) groups is 1. The predicted octanol–water partition coefficient (Wildman–Crippen LogP) is 1.99. The lowest BCUT2D eigenvalue weighted by Crippen LogP contribution is -2.37. The van der Waals surface area contributed by atoms with Crippen molar-refractivity contribution in [2.24, 2.45) is 4.99 Å². The van der Waals surface area contributed by atoms with Crippen molar-refractivity contribution in [3.63, 3.8) is 0 Å². The first-order valence-electron chi connectivity index (χ1n) is 6.90. The Hall–Kier alpha value is -1.63. The number of fused-ring (bicyclic) bond motifs is 1. The molecule has 0 radical (unpaired) electrons. The summed E-state index contributed by atoms with van der Waals surface area (Å²) in [6.45, 7) is 0. The maximum Gasteiger partial charge on any atom is 0.262 e. The highest BCUT2D eigenvalue weighted by Gasteiger charge is 2.49. The molecule has 0 aromatic heterocycles. The van der Waals surface area contributed by atoms with Crippen molar-refractivity contribution in [1.82, 2.24) is 0 Å². The van der Waals surface area contributed by atoms with E-state index >= 15 is 0 Å². The molecule has 2 atom stereocenters. The molecule has 0 spiro atoms. The van der Waals surface area contributed by atoms with Crippen LogP contribution in [0.15, 0.2) is 23.2 Å². The summed E-state index contributed by atoms with van der Waals surface area (Å²) in [6, 6.07) is 5.32. The van der Waals surface area contributed by atoms with Crippen LogP contribution in [0.5, 0.6) is 0 Å². The number of amidine groups is 1. The van der Waals surface area contributed by atoms with Crippen molar-refractivity contribution >= 4 is 50.0 Å². The number of hydrogen-bond donors (Lipinski definition) is 0. The van der Waals surface area contributed by atoms with E-state index in [2.05, 4.69) is 4.99 Å². The molecule has 0 bridgehead atoms. The Bertz CT molecular complexity index is 882. The molecule has 3 rings (SSSR count). The van der Waals surface area contributed by atoms with Crippen LogP contribution in [0.4, 0.5) is 10.1 Å². The predicted molar refractivity (Wildman–Crippen MR) is 90.4 cm³/mol. The number of thioether (sulfide) groups is 1. The highest BCUT2D eigenvalue weighted by atomic mass is 35.5. The topological polar surface area (TPSA) is 90.6 Å². The van der Waals surface area contributed by atoms with Crippen LogP contribution in [0.3, 0.4) is 0 Å². The Labute approximate surface area is 147 Å². The third-order valence-electron chi connectivity index (χ3n) is 3.70. The molecule has 24 heavy (non-hydrogen) atoms. The third-order valence-corrected chi connectivity index (χ3v) is 7.20. The Morgan fingerprint density at radius 3 is 2.92 bits per heavy atom. The summed E-state index contributed by atoms with van der Waals surface area (Å²) in [5.41, 5.74) is 0.460. The van der Waals surface area contributed by atoms with Gasteiger partial charge in [0.05, 0.1) is 28.6 Å². The van der Waals surface area contributed by atoms with E-state index < -0.39 is 27.6 Å². The maximum absolute atomic E-state index is 13.4. The van der Waals surface area contributed by atoms with E-state index in [0.717, 1.165) is 0 Å². The lowest BCUT2D eigenvalue weighted by molar-refractivity contribution is -0.116. The Kier molecular flexibility index (Phi) is 4.55. The SMILES string of the molecule is N#CCC(=O)N=C1S[C@@H]2CS(=O)(=O)C[C@@H]2N1c1ccc(F)c(Cl)c1. The summed E-state index contributed by atoms with van der Waals surface area (Å²) in [6.07, 6.45) is -0.365. The van der Waals surface area contributed by atoms with Gasteiger partial charge in [0.2, 0.25) is 0 Å². The third kappa shape index (κ3) is 3.27. The smallest absolute Gasteiger partial charge is 0.262 e. The lowest BCUT2D eigenvalue weighted by atomic mass is 10.2. The molecule has 6 nitrogen and oxygen atoms in total. The van der Waals surface area contributed by atoms with E-state index in [1.807, 2.05) is 0 Å². The van der Waals surface area contributed by atoms with E-state index in [4.69, 9.17) is 16.9 Å². The summed E-state index contributed by atoms with van der Waals surface area (Å²) in [5.74, 6) is -1.30. The summed E-state index contributed by atoms with van der Waals surface area (Å²) < 4.78 is 37.2. The molecule has 1 amide bonds. The van der Waals surface area contributed by atoms with Gasteiger partial charge in [0, 0.05) is 10.9 Å². The van der Waals surface area contributed by atoms with Crippen molar-refractivity contribution in [3.05, 3.63) is 29.0 Å². The van der Waals surface area contributed by atoms with Gasteiger partial charge in [0.1, 0.15) is 12.2 Å². The zero-order valence-corrected chi connectivity index (χ0v) is 14.5. The van der Waals surface area contributed by atoms with Gasteiger partial charge in [-0.3, -0.25) is 4.79 Å². The van der Waals surface area contributed by atoms with Gasteiger partial charge in [-0.25, -0.2) is 12.8 Å². The van der Waals surface area contributed by atoms with Crippen molar-refractivity contribution in [1.29, 1.82) is 5.26 Å². The number of rotatable bonds is 2. The van der Waals surface area contributed by atoms with Crippen LogP contribution in [0.2, 0.25) is 5.02 Å². The summed E-state index contributed by atoms with van der Waals surface area (Å²) >= 11 is 7.00. The minimum absolute atomic E-state index is 0.0147. The fraction of sp³-hybridized carbons (Fsp3) is 0.357. The standard InChI is InChI=1S/C14H11ClFN3O3S2/c15-9-5-8(1-2-10(9)16)19-11-6-24(21,22)7-12(11)23-14(19)18-13(20)3-4-17/h1-2,5,11-12H,3,6-7H2/t11-,12+/m0/s1. The Morgan fingerprint density at radius 2 is 2.25 bits per heavy atom. The monoisotopic (exact) mass is 387 g/mol. The number of nitrogens with zero attached hydrogens (tertiary/aromatic N) is 3. The molecule has 0 saturated carbocycles. The summed E-state index contributed by atoms with van der Waals surface area (Å²) in [4.78, 5) is 17.2. The molecule has 126 valence electrons. The minimum atomic E-state index is -3.19. The average molecular weight is 388 g/mol. The van der Waals surface area contributed by atoms with E-state index in [0.29, 0.717) is 10.9 Å². The quantitative estimate of drug-likeness (QED) is 0.770. The van der Waals surface area contributed by atoms with E-state index in [1.54, 1.807) is 11.0 Å². The fourth-order valence-corrected chi connectivity index (χ4v) is 6.82. The van der Waals surface area contributed by atoms with Gasteiger partial charge in [0.15, 0.2) is 15.0 Å². The van der Waals surface area contributed by atoms with Crippen molar-refractivity contribution < 1.29 is 17.6 Å². The fourth-order valence-electron chi connectivity index (χ4n) is 2.72. The molecule has 0 unspecified atom stereocenters. The van der Waals surface area contributed by atoms with E-state index in [9.17, 15) is 17.6 Å². The highest BCUT2D eigenvalue weighted by molar-refractivity contribution is 8.16. The van der Waals surface area contributed by atoms with E-state index in [1.165, 1.54) is 30.0 Å². The average Bonchev–Trinajstić information content (AvgIpc) is 2.93. The minimum Gasteiger partial charge on any atom is -0.316 e. The molecule has 2 aliphatic heterocycles. The Morgan fingerprint density at radius 1 is 1.50 bits per heavy atom. The van der Waals surface area contributed by atoms with Gasteiger partial charge in [-0.2, -0.15) is 10.3 Å². The van der Waals surface area contributed by atoms with Crippen LogP contribution in [0.25, 0.3) is 0 Å². The van der Waals surface area contributed by atoms with Gasteiger partial charge in [0.25, 0.3) is 5.91 Å². The molecule has 2 saturated heterocycles. The molecule has 0 aliphatic carbocycles. The van der Waals surface area contributed by atoms with Crippen LogP contribution in [0, 0.1) is 17.1 Å². The van der Waals surface area contributed by atoms with Crippen LogP contribution < -0.4 is 4.90 Å². The molecule has 1 aromatic rings. The van der Waals surface area contributed by atoms with Gasteiger partial charge in [-0.1, -0.05) is 23.4 Å². The van der Waals surface area contributed by atoms with Crippen LogP contribution in [-0.2, 0) is 14.6 Å². The zero-order chi connectivity index (χ0) is 17.5. The number of nitriles is 1. The maximum atomic E-state index is 13.4. The largest absolute Gasteiger partial charge is 0.316 e. The second-order valence-corrected chi connectivity index (χ2v) is 9.16. The number of anilines is 1. The second kappa shape index (κ2) is 6.35. The molecule has 1 aromatic carbocycles. The van der Waals surface area contributed by atoms with Crippen LogP contribution >= 0.6 is 23.4 Å². The number of sulfone groups is 1. The summed E-state index contributed by atoms with van der Waals surface area (Å²) in [7, 11) is -3.19. The zero-order valence-electron chi connectivity index (χ0n) is 12.1. The number of amides is 1. The molecule has 2 aliphatic rings. The molecule has 10 heteroatoms. The first kappa shape index (κ1) is 17.2. The van der Waals surface area contributed by atoms with Crippen molar-refractivity contribution in [2.75, 3.05) is 16.4 Å².